The Hall–Kier alpha value is -1.61. The van der Waals surface area contributed by atoms with E-state index in [-0.39, 0.29) is 0 Å². The van der Waals surface area contributed by atoms with Crippen LogP contribution >= 0.6 is 11.6 Å². The summed E-state index contributed by atoms with van der Waals surface area (Å²) in [6, 6.07) is 10.5. The van der Waals surface area contributed by atoms with Crippen LogP contribution in [-0.2, 0) is 6.54 Å². The molecule has 1 aromatic heterocycles. The standard InChI is InChI=1S/C12H10ClFN2/c13-11-4-2-1-3-9(11)7-15-10-5-6-12(14)16-8-10/h1-6,8,15H,7H2. The van der Waals surface area contributed by atoms with Crippen molar-refractivity contribution in [2.75, 3.05) is 5.32 Å². The lowest BCUT2D eigenvalue weighted by molar-refractivity contribution is 0.584. The average Bonchev–Trinajstić information content (AvgIpc) is 2.30. The van der Waals surface area contributed by atoms with E-state index in [2.05, 4.69) is 10.3 Å². The topological polar surface area (TPSA) is 24.9 Å². The second-order valence-electron chi connectivity index (χ2n) is 3.31. The molecule has 0 aliphatic carbocycles. The molecular formula is C12H10ClFN2. The summed E-state index contributed by atoms with van der Waals surface area (Å²) in [6.45, 7) is 0.590. The molecule has 1 N–H and O–H groups in total. The lowest BCUT2D eigenvalue weighted by Gasteiger charge is -2.07. The van der Waals surface area contributed by atoms with Gasteiger partial charge in [-0.2, -0.15) is 4.39 Å². The Kier molecular flexibility index (Phi) is 3.37. The maximum Gasteiger partial charge on any atom is 0.212 e. The number of hydrogen-bond donors (Lipinski definition) is 1. The van der Waals surface area contributed by atoms with Gasteiger partial charge in [-0.15, -0.1) is 0 Å². The number of hydrogen-bond acceptors (Lipinski definition) is 2. The first kappa shape index (κ1) is 10.9. The molecule has 0 saturated heterocycles. The normalized spacial score (nSPS) is 10.1. The van der Waals surface area contributed by atoms with Gasteiger partial charge in [-0.05, 0) is 23.8 Å². The smallest absolute Gasteiger partial charge is 0.212 e. The average molecular weight is 237 g/mol. The van der Waals surface area contributed by atoms with Gasteiger partial charge in [0.05, 0.1) is 11.9 Å². The predicted molar refractivity (Wildman–Crippen MR) is 63.0 cm³/mol. The lowest BCUT2D eigenvalue weighted by atomic mass is 10.2. The molecule has 2 rings (SSSR count). The van der Waals surface area contributed by atoms with Crippen molar-refractivity contribution in [3.63, 3.8) is 0 Å². The van der Waals surface area contributed by atoms with Crippen LogP contribution in [0.25, 0.3) is 0 Å². The summed E-state index contributed by atoms with van der Waals surface area (Å²) in [7, 11) is 0. The molecule has 0 spiro atoms. The number of halogens is 2. The second-order valence-corrected chi connectivity index (χ2v) is 3.72. The van der Waals surface area contributed by atoms with E-state index in [1.165, 1.54) is 12.3 Å². The Labute approximate surface area is 98.1 Å². The van der Waals surface area contributed by atoms with Crippen molar-refractivity contribution in [2.24, 2.45) is 0 Å². The first-order valence-electron chi connectivity index (χ1n) is 4.84. The van der Waals surface area contributed by atoms with E-state index >= 15 is 0 Å². The monoisotopic (exact) mass is 236 g/mol. The number of nitrogens with one attached hydrogen (secondary N) is 1. The minimum atomic E-state index is -0.483. The lowest BCUT2D eigenvalue weighted by Crippen LogP contribution is -2.00. The van der Waals surface area contributed by atoms with Crippen LogP contribution in [0.15, 0.2) is 42.6 Å². The highest BCUT2D eigenvalue weighted by Crippen LogP contribution is 2.16. The van der Waals surface area contributed by atoms with Crippen LogP contribution in [0.4, 0.5) is 10.1 Å². The third-order valence-electron chi connectivity index (χ3n) is 2.17. The molecule has 16 heavy (non-hydrogen) atoms. The second kappa shape index (κ2) is 4.94. The molecule has 1 heterocycles. The fourth-order valence-corrected chi connectivity index (χ4v) is 1.52. The molecule has 0 radical (unpaired) electrons. The van der Waals surface area contributed by atoms with Crippen LogP contribution in [0.3, 0.4) is 0 Å². The zero-order valence-electron chi connectivity index (χ0n) is 8.45. The van der Waals surface area contributed by atoms with Gasteiger partial charge in [0.1, 0.15) is 0 Å². The van der Waals surface area contributed by atoms with E-state index in [1.54, 1.807) is 6.07 Å². The molecule has 4 heteroatoms. The summed E-state index contributed by atoms with van der Waals surface area (Å²) in [5.41, 5.74) is 1.76. The van der Waals surface area contributed by atoms with Crippen molar-refractivity contribution in [1.29, 1.82) is 0 Å². The van der Waals surface area contributed by atoms with Crippen LogP contribution in [0.2, 0.25) is 5.02 Å². The summed E-state index contributed by atoms with van der Waals surface area (Å²) in [5.74, 6) is -0.483. The van der Waals surface area contributed by atoms with E-state index < -0.39 is 5.95 Å². The first-order valence-corrected chi connectivity index (χ1v) is 5.22. The molecule has 0 atom stereocenters. The molecule has 0 bridgehead atoms. The molecule has 0 fully saturated rings. The predicted octanol–water partition coefficient (Wildman–Crippen LogP) is 3.49. The van der Waals surface area contributed by atoms with Gasteiger partial charge in [-0.3, -0.25) is 0 Å². The number of nitrogens with zero attached hydrogens (tertiary/aromatic N) is 1. The van der Waals surface area contributed by atoms with Crippen LogP contribution in [0, 0.1) is 5.95 Å². The van der Waals surface area contributed by atoms with Crippen LogP contribution < -0.4 is 5.32 Å². The molecule has 0 aliphatic rings. The molecule has 0 unspecified atom stereocenters. The number of benzene rings is 1. The quantitative estimate of drug-likeness (QED) is 0.826. The van der Waals surface area contributed by atoms with Crippen molar-refractivity contribution in [3.8, 4) is 0 Å². The van der Waals surface area contributed by atoms with Crippen molar-refractivity contribution in [3.05, 3.63) is 59.1 Å². The minimum absolute atomic E-state index is 0.483. The highest BCUT2D eigenvalue weighted by molar-refractivity contribution is 6.31. The van der Waals surface area contributed by atoms with E-state index in [0.717, 1.165) is 11.3 Å². The van der Waals surface area contributed by atoms with E-state index in [9.17, 15) is 4.39 Å². The molecule has 0 saturated carbocycles. The maximum absolute atomic E-state index is 12.6. The molecule has 2 nitrogen and oxygen atoms in total. The fraction of sp³-hybridized carbons (Fsp3) is 0.0833. The molecule has 1 aromatic carbocycles. The van der Waals surface area contributed by atoms with Crippen molar-refractivity contribution < 1.29 is 4.39 Å². The van der Waals surface area contributed by atoms with Gasteiger partial charge in [0.2, 0.25) is 5.95 Å². The van der Waals surface area contributed by atoms with Gasteiger partial charge in [-0.1, -0.05) is 29.8 Å². The Balaban J connectivity index is 2.02. The third-order valence-corrected chi connectivity index (χ3v) is 2.54. The van der Waals surface area contributed by atoms with E-state index in [4.69, 9.17) is 11.6 Å². The van der Waals surface area contributed by atoms with Gasteiger partial charge < -0.3 is 5.32 Å². The summed E-state index contributed by atoms with van der Waals surface area (Å²) in [5, 5.41) is 3.83. The Bertz CT molecular complexity index is 471. The molecule has 0 amide bonds. The molecule has 82 valence electrons. The largest absolute Gasteiger partial charge is 0.380 e. The highest BCUT2D eigenvalue weighted by atomic mass is 35.5. The number of rotatable bonds is 3. The Morgan fingerprint density at radius 1 is 1.19 bits per heavy atom. The highest BCUT2D eigenvalue weighted by Gasteiger charge is 1.99. The van der Waals surface area contributed by atoms with Gasteiger partial charge in [0.25, 0.3) is 0 Å². The molecule has 2 aromatic rings. The number of anilines is 1. The van der Waals surface area contributed by atoms with Crippen LogP contribution in [0.5, 0.6) is 0 Å². The van der Waals surface area contributed by atoms with Crippen LogP contribution in [-0.4, -0.2) is 4.98 Å². The number of pyridine rings is 1. The van der Waals surface area contributed by atoms with Gasteiger partial charge in [-0.25, -0.2) is 4.98 Å². The Morgan fingerprint density at radius 3 is 2.69 bits per heavy atom. The summed E-state index contributed by atoms with van der Waals surface area (Å²) in [6.07, 6.45) is 1.45. The van der Waals surface area contributed by atoms with Gasteiger partial charge in [0, 0.05) is 11.6 Å². The van der Waals surface area contributed by atoms with Crippen LogP contribution in [0.1, 0.15) is 5.56 Å². The summed E-state index contributed by atoms with van der Waals surface area (Å²) in [4.78, 5) is 3.55. The summed E-state index contributed by atoms with van der Waals surface area (Å²) >= 11 is 6.00. The van der Waals surface area contributed by atoms with Crippen molar-refractivity contribution in [2.45, 2.75) is 6.54 Å². The molecule has 0 aliphatic heterocycles. The van der Waals surface area contributed by atoms with Gasteiger partial charge >= 0.3 is 0 Å². The SMILES string of the molecule is Fc1ccc(NCc2ccccc2Cl)cn1. The zero-order chi connectivity index (χ0) is 11.4. The minimum Gasteiger partial charge on any atom is -0.380 e. The third kappa shape index (κ3) is 2.70. The van der Waals surface area contributed by atoms with Gasteiger partial charge in [0.15, 0.2) is 0 Å². The van der Waals surface area contributed by atoms with E-state index in [0.29, 0.717) is 11.6 Å². The maximum atomic E-state index is 12.6. The molecular weight excluding hydrogens is 227 g/mol. The first-order chi connectivity index (χ1) is 7.75. The number of aromatic nitrogens is 1. The van der Waals surface area contributed by atoms with Crippen molar-refractivity contribution in [1.82, 2.24) is 4.98 Å². The Morgan fingerprint density at radius 2 is 2.00 bits per heavy atom. The zero-order valence-corrected chi connectivity index (χ0v) is 9.21. The fourth-order valence-electron chi connectivity index (χ4n) is 1.32. The van der Waals surface area contributed by atoms with E-state index in [1.807, 2.05) is 24.3 Å². The van der Waals surface area contributed by atoms with Crippen molar-refractivity contribution >= 4 is 17.3 Å². The summed E-state index contributed by atoms with van der Waals surface area (Å²) < 4.78 is 12.6.